The number of fused-ring (bicyclic) bond motifs is 9. The molecule has 0 aliphatic carbocycles. The smallest absolute Gasteiger partial charge is 0.155 e. The molecule has 5 nitrogen and oxygen atoms in total. The molecule has 0 bridgehead atoms. The number of benzene rings is 5. The first-order valence-electron chi connectivity index (χ1n) is 15.7. The molecule has 46 heavy (non-hydrogen) atoms. The first-order chi connectivity index (χ1) is 22.7. The molecule has 1 N–H and O–H groups in total. The van der Waals surface area contributed by atoms with E-state index in [0.717, 1.165) is 57.0 Å². The van der Waals surface area contributed by atoms with Gasteiger partial charge in [0.25, 0.3) is 0 Å². The molecule has 4 aromatic heterocycles. The fourth-order valence-electron chi connectivity index (χ4n) is 7.29. The van der Waals surface area contributed by atoms with E-state index in [1.165, 1.54) is 43.8 Å². The summed E-state index contributed by atoms with van der Waals surface area (Å²) in [6, 6.07) is 43.6. The van der Waals surface area contributed by atoms with E-state index < -0.39 is 0 Å². The predicted octanol–water partition coefficient (Wildman–Crippen LogP) is 10.4. The fourth-order valence-corrected chi connectivity index (χ4v) is 7.29. The van der Waals surface area contributed by atoms with Gasteiger partial charge in [0.15, 0.2) is 11.3 Å². The molecule has 0 amide bonds. The van der Waals surface area contributed by atoms with Gasteiger partial charge in [-0.15, -0.1) is 0 Å². The molecule has 0 fully saturated rings. The van der Waals surface area contributed by atoms with E-state index in [1.54, 1.807) is 0 Å². The summed E-state index contributed by atoms with van der Waals surface area (Å²) in [7, 11) is 2.09. The minimum absolute atomic E-state index is 0.802. The average molecular weight is 593 g/mol. The Hall–Kier alpha value is -6.07. The van der Waals surface area contributed by atoms with Gasteiger partial charge in [0, 0.05) is 46.2 Å². The van der Waals surface area contributed by atoms with Gasteiger partial charge in [0.2, 0.25) is 0 Å². The van der Waals surface area contributed by atoms with Crippen LogP contribution < -0.4 is 4.90 Å². The molecule has 5 heteroatoms. The molecule has 0 saturated heterocycles. The molecule has 1 aliphatic rings. The van der Waals surface area contributed by atoms with Gasteiger partial charge >= 0.3 is 0 Å². The van der Waals surface area contributed by atoms with Crippen LogP contribution in [0, 0.1) is 0 Å². The van der Waals surface area contributed by atoms with Crippen molar-refractivity contribution in [2.75, 3.05) is 18.5 Å². The Balaban J connectivity index is 1.14. The first-order valence-corrected chi connectivity index (χ1v) is 15.7. The van der Waals surface area contributed by atoms with Gasteiger partial charge in [-0.3, -0.25) is 4.57 Å². The summed E-state index contributed by atoms with van der Waals surface area (Å²) < 4.78 is 8.46. The molecular weight excluding hydrogens is 564 g/mol. The highest BCUT2D eigenvalue weighted by molar-refractivity contribution is 6.11. The van der Waals surface area contributed by atoms with Crippen LogP contribution in [0.25, 0.3) is 88.9 Å². The van der Waals surface area contributed by atoms with Crippen molar-refractivity contribution in [2.45, 2.75) is 0 Å². The number of aromatic amines is 1. The van der Waals surface area contributed by atoms with Crippen molar-refractivity contribution in [3.05, 3.63) is 133 Å². The highest BCUT2D eigenvalue weighted by atomic mass is 16.3. The first kappa shape index (κ1) is 25.3. The van der Waals surface area contributed by atoms with Crippen molar-refractivity contribution in [1.82, 2.24) is 14.5 Å². The summed E-state index contributed by atoms with van der Waals surface area (Å²) in [4.78, 5) is 11.0. The van der Waals surface area contributed by atoms with E-state index in [0.29, 0.717) is 0 Å². The number of nitrogens with zero attached hydrogens (tertiary/aromatic N) is 3. The van der Waals surface area contributed by atoms with Crippen molar-refractivity contribution in [2.24, 2.45) is 0 Å². The molecule has 0 saturated carbocycles. The van der Waals surface area contributed by atoms with Crippen LogP contribution in [-0.2, 0) is 0 Å². The van der Waals surface area contributed by atoms with E-state index >= 15 is 0 Å². The maximum atomic E-state index is 6.17. The van der Waals surface area contributed by atoms with Crippen molar-refractivity contribution >= 4 is 66.5 Å². The molecule has 5 aromatic carbocycles. The number of likely N-dealkylation sites (N-methyl/N-ethyl adjacent to an activating group) is 1. The number of rotatable bonds is 3. The lowest BCUT2D eigenvalue weighted by Gasteiger charge is -2.19. The standard InChI is InChI=1S/C41H28N4O/c1-44-21-7-14-38-41(44)40-37(46-38)19-20-39(43-40)45-35-13-5-3-11-30(35)31-17-15-28(24-36(31)45)26-9-6-8-25(22-26)27-16-18-34-32(23-27)29-10-2-4-12-33(29)42-34/h2-20,22-24,42H,21H2,1H3. The summed E-state index contributed by atoms with van der Waals surface area (Å²) in [5.41, 5.74) is 12.1. The zero-order valence-corrected chi connectivity index (χ0v) is 25.2. The summed E-state index contributed by atoms with van der Waals surface area (Å²) in [6.45, 7) is 0.834. The van der Waals surface area contributed by atoms with E-state index in [9.17, 15) is 0 Å². The Morgan fingerprint density at radius 3 is 2.28 bits per heavy atom. The highest BCUT2D eigenvalue weighted by Gasteiger charge is 2.22. The second-order valence-corrected chi connectivity index (χ2v) is 12.2. The number of hydrogen-bond donors (Lipinski definition) is 1. The third-order valence-electron chi connectivity index (χ3n) is 9.49. The summed E-state index contributed by atoms with van der Waals surface area (Å²) in [5.74, 6) is 1.74. The number of para-hydroxylation sites is 2. The second-order valence-electron chi connectivity index (χ2n) is 12.2. The van der Waals surface area contributed by atoms with Gasteiger partial charge in [-0.2, -0.15) is 0 Å². The van der Waals surface area contributed by atoms with E-state index in [1.807, 2.05) is 0 Å². The quantitative estimate of drug-likeness (QED) is 0.222. The molecule has 0 spiro atoms. The van der Waals surface area contributed by atoms with Crippen LogP contribution in [0.1, 0.15) is 5.76 Å². The lowest BCUT2D eigenvalue weighted by atomic mass is 9.97. The lowest BCUT2D eigenvalue weighted by molar-refractivity contribution is 0.601. The topological polar surface area (TPSA) is 50.0 Å². The molecule has 5 heterocycles. The van der Waals surface area contributed by atoms with Gasteiger partial charge in [-0.1, -0.05) is 78.9 Å². The van der Waals surface area contributed by atoms with Crippen molar-refractivity contribution in [1.29, 1.82) is 0 Å². The number of anilines is 1. The Bertz CT molecular complexity index is 2700. The van der Waals surface area contributed by atoms with E-state index in [-0.39, 0.29) is 0 Å². The minimum Gasteiger partial charge on any atom is -0.453 e. The van der Waals surface area contributed by atoms with Crippen LogP contribution in [0.4, 0.5) is 5.69 Å². The van der Waals surface area contributed by atoms with Crippen LogP contribution in [0.15, 0.2) is 132 Å². The van der Waals surface area contributed by atoms with Gasteiger partial charge in [0.1, 0.15) is 17.0 Å². The van der Waals surface area contributed by atoms with Crippen LogP contribution in [0.3, 0.4) is 0 Å². The van der Waals surface area contributed by atoms with Crippen LogP contribution in [0.5, 0.6) is 0 Å². The molecule has 0 atom stereocenters. The number of hydrogen-bond acceptors (Lipinski definition) is 3. The predicted molar refractivity (Wildman–Crippen MR) is 191 cm³/mol. The zero-order valence-electron chi connectivity index (χ0n) is 25.2. The largest absolute Gasteiger partial charge is 0.453 e. The third kappa shape index (κ3) is 3.66. The molecule has 218 valence electrons. The molecule has 1 aliphatic heterocycles. The Kier molecular flexibility index (Phi) is 5.20. The highest BCUT2D eigenvalue weighted by Crippen LogP contribution is 2.39. The third-order valence-corrected chi connectivity index (χ3v) is 9.49. The normalized spacial score (nSPS) is 13.1. The lowest BCUT2D eigenvalue weighted by Crippen LogP contribution is -2.19. The minimum atomic E-state index is 0.802. The monoisotopic (exact) mass is 592 g/mol. The molecule has 10 rings (SSSR count). The van der Waals surface area contributed by atoms with Crippen LogP contribution in [0.2, 0.25) is 0 Å². The van der Waals surface area contributed by atoms with E-state index in [4.69, 9.17) is 9.40 Å². The Labute approximate surface area is 264 Å². The SMILES string of the molecule is CN1CC=Cc2oc3ccc(-n4c5ccccc5c5ccc(-c6cccc(-c7ccc8[nH]c9ccccc9c8c7)c6)cc54)nc3c21. The van der Waals surface area contributed by atoms with Crippen LogP contribution in [-0.4, -0.2) is 28.1 Å². The van der Waals surface area contributed by atoms with Crippen molar-refractivity contribution < 1.29 is 4.42 Å². The van der Waals surface area contributed by atoms with Gasteiger partial charge in [0.05, 0.1) is 11.0 Å². The number of H-pyrrole nitrogens is 1. The fraction of sp³-hybridized carbons (Fsp3) is 0.0488. The average Bonchev–Trinajstić information content (AvgIpc) is 3.77. The summed E-state index contributed by atoms with van der Waals surface area (Å²) >= 11 is 0. The summed E-state index contributed by atoms with van der Waals surface area (Å²) in [6.07, 6.45) is 4.17. The molecule has 0 unspecified atom stereocenters. The van der Waals surface area contributed by atoms with Gasteiger partial charge in [-0.25, -0.2) is 4.98 Å². The molecule has 0 radical (unpaired) electrons. The number of furan rings is 1. The maximum Gasteiger partial charge on any atom is 0.155 e. The molecule has 9 aromatic rings. The van der Waals surface area contributed by atoms with Crippen molar-refractivity contribution in [3.63, 3.8) is 0 Å². The number of nitrogens with one attached hydrogen (secondary N) is 1. The maximum absolute atomic E-state index is 6.17. The molecular formula is C41H28N4O. The van der Waals surface area contributed by atoms with Crippen molar-refractivity contribution in [3.8, 4) is 28.1 Å². The number of pyridine rings is 1. The Morgan fingerprint density at radius 2 is 1.37 bits per heavy atom. The van der Waals surface area contributed by atoms with Gasteiger partial charge < -0.3 is 14.3 Å². The second kappa shape index (κ2) is 9.46. The van der Waals surface area contributed by atoms with E-state index in [2.05, 4.69) is 155 Å². The number of aromatic nitrogens is 3. The Morgan fingerprint density at radius 1 is 0.630 bits per heavy atom. The van der Waals surface area contributed by atoms with Crippen LogP contribution >= 0.6 is 0 Å². The summed E-state index contributed by atoms with van der Waals surface area (Å²) in [5, 5.41) is 4.91. The van der Waals surface area contributed by atoms with Gasteiger partial charge in [-0.05, 0) is 76.9 Å². The zero-order chi connectivity index (χ0) is 30.4.